The van der Waals surface area contributed by atoms with Crippen LogP contribution in [0, 0.1) is 0 Å². The Hall–Kier alpha value is -2.32. The second-order valence-corrected chi connectivity index (χ2v) is 3.48. The van der Waals surface area contributed by atoms with Crippen molar-refractivity contribution in [2.45, 2.75) is 13.0 Å². The van der Waals surface area contributed by atoms with Crippen molar-refractivity contribution in [3.63, 3.8) is 0 Å². The van der Waals surface area contributed by atoms with E-state index in [9.17, 15) is 9.59 Å². The first-order valence-corrected chi connectivity index (χ1v) is 5.20. The maximum absolute atomic E-state index is 12.0. The molecule has 8 nitrogen and oxygen atoms in total. The Morgan fingerprint density at radius 2 is 2.22 bits per heavy atom. The fourth-order valence-corrected chi connectivity index (χ4v) is 1.48. The van der Waals surface area contributed by atoms with Gasteiger partial charge in [-0.05, 0) is 12.1 Å². The SMILES string of the molecule is NNOC(=O)CCn1nnc2ccccc2c1=O. The number of carbonyl (C=O) groups is 1. The first-order valence-electron chi connectivity index (χ1n) is 5.20. The van der Waals surface area contributed by atoms with E-state index in [1.165, 1.54) is 0 Å². The van der Waals surface area contributed by atoms with Gasteiger partial charge in [-0.2, -0.15) is 0 Å². The van der Waals surface area contributed by atoms with Crippen molar-refractivity contribution in [1.29, 1.82) is 0 Å². The number of nitrogens with zero attached hydrogens (tertiary/aromatic N) is 3. The smallest absolute Gasteiger partial charge is 0.328 e. The Kier molecular flexibility index (Phi) is 3.60. The first kappa shape index (κ1) is 12.1. The summed E-state index contributed by atoms with van der Waals surface area (Å²) in [5.41, 5.74) is 2.00. The number of fused-ring (bicyclic) bond motifs is 1. The third kappa shape index (κ3) is 2.50. The lowest BCUT2D eigenvalue weighted by atomic mass is 10.2. The van der Waals surface area contributed by atoms with Gasteiger partial charge >= 0.3 is 5.97 Å². The number of benzene rings is 1. The van der Waals surface area contributed by atoms with E-state index in [4.69, 9.17) is 5.84 Å². The molecule has 3 N–H and O–H groups in total. The molecule has 0 bridgehead atoms. The van der Waals surface area contributed by atoms with Crippen LogP contribution in [0.3, 0.4) is 0 Å². The molecule has 0 spiro atoms. The van der Waals surface area contributed by atoms with E-state index in [1.807, 2.05) is 0 Å². The zero-order valence-electron chi connectivity index (χ0n) is 9.37. The van der Waals surface area contributed by atoms with Crippen molar-refractivity contribution in [2.24, 2.45) is 5.84 Å². The fraction of sp³-hybridized carbons (Fsp3) is 0.200. The van der Waals surface area contributed by atoms with Gasteiger partial charge in [0.2, 0.25) is 0 Å². The highest BCUT2D eigenvalue weighted by molar-refractivity contribution is 5.76. The zero-order valence-corrected chi connectivity index (χ0v) is 9.37. The van der Waals surface area contributed by atoms with E-state index >= 15 is 0 Å². The van der Waals surface area contributed by atoms with Crippen LogP contribution >= 0.6 is 0 Å². The molecule has 18 heavy (non-hydrogen) atoms. The van der Waals surface area contributed by atoms with Crippen LogP contribution in [0.2, 0.25) is 0 Å². The van der Waals surface area contributed by atoms with Gasteiger partial charge in [-0.3, -0.25) is 9.59 Å². The number of rotatable bonds is 4. The average molecular weight is 249 g/mol. The second kappa shape index (κ2) is 5.34. The minimum atomic E-state index is -0.584. The van der Waals surface area contributed by atoms with Gasteiger partial charge in [-0.25, -0.2) is 10.5 Å². The summed E-state index contributed by atoms with van der Waals surface area (Å²) >= 11 is 0. The molecule has 0 atom stereocenters. The van der Waals surface area contributed by atoms with Crippen LogP contribution in [-0.2, 0) is 16.2 Å². The maximum atomic E-state index is 12.0. The highest BCUT2D eigenvalue weighted by Crippen LogP contribution is 2.03. The van der Waals surface area contributed by atoms with Crippen LogP contribution in [0.1, 0.15) is 6.42 Å². The molecule has 2 rings (SSSR count). The van der Waals surface area contributed by atoms with Crippen LogP contribution in [0.25, 0.3) is 10.9 Å². The summed E-state index contributed by atoms with van der Waals surface area (Å²) in [6.07, 6.45) is -0.0306. The number of carbonyl (C=O) groups excluding carboxylic acids is 1. The summed E-state index contributed by atoms with van der Waals surface area (Å²) < 4.78 is 1.11. The molecule has 0 saturated heterocycles. The number of hydrazine groups is 1. The molecule has 0 aliphatic carbocycles. The lowest BCUT2D eigenvalue weighted by Gasteiger charge is -2.04. The Labute approximate surface area is 101 Å². The van der Waals surface area contributed by atoms with E-state index in [0.29, 0.717) is 10.9 Å². The van der Waals surface area contributed by atoms with Gasteiger partial charge in [-0.15, -0.1) is 5.10 Å². The van der Waals surface area contributed by atoms with Gasteiger partial charge in [0.05, 0.1) is 18.4 Å². The number of nitrogens with one attached hydrogen (secondary N) is 1. The number of nitrogens with two attached hydrogens (primary N) is 1. The number of hydrogen-bond donors (Lipinski definition) is 2. The molecule has 0 fully saturated rings. The lowest BCUT2D eigenvalue weighted by molar-refractivity contribution is -0.151. The van der Waals surface area contributed by atoms with Crippen LogP contribution in [0.4, 0.5) is 0 Å². The summed E-state index contributed by atoms with van der Waals surface area (Å²) in [6.45, 7) is 0.0805. The first-order chi connectivity index (χ1) is 8.72. The molecule has 8 heteroatoms. The number of aromatic nitrogens is 3. The number of aryl methyl sites for hydroxylation is 1. The van der Waals surface area contributed by atoms with E-state index in [-0.39, 0.29) is 18.5 Å². The van der Waals surface area contributed by atoms with Crippen LogP contribution in [0.5, 0.6) is 0 Å². The molecule has 0 radical (unpaired) electrons. The van der Waals surface area contributed by atoms with Gasteiger partial charge in [-0.1, -0.05) is 22.9 Å². The monoisotopic (exact) mass is 249 g/mol. The standard InChI is InChI=1S/C10H11N5O3/c11-13-18-9(16)5-6-15-10(17)7-3-1-2-4-8(7)12-14-15/h1-4,13H,5-6,11H2. The van der Waals surface area contributed by atoms with E-state index in [0.717, 1.165) is 4.68 Å². The summed E-state index contributed by atoms with van der Waals surface area (Å²) in [5.74, 6) is 4.23. The average Bonchev–Trinajstić information content (AvgIpc) is 2.39. The van der Waals surface area contributed by atoms with Gasteiger partial charge in [0, 0.05) is 0 Å². The summed E-state index contributed by atoms with van der Waals surface area (Å²) in [5, 5.41) is 8.08. The molecule has 0 saturated carbocycles. The quantitative estimate of drug-likeness (QED) is 0.533. The molecule has 1 aromatic carbocycles. The van der Waals surface area contributed by atoms with Crippen molar-refractivity contribution < 1.29 is 9.63 Å². The van der Waals surface area contributed by atoms with Crippen LogP contribution in [-0.4, -0.2) is 21.0 Å². The molecule has 0 aliphatic rings. The van der Waals surface area contributed by atoms with E-state index < -0.39 is 5.97 Å². The minimum Gasteiger partial charge on any atom is -0.356 e. The van der Waals surface area contributed by atoms with E-state index in [1.54, 1.807) is 29.9 Å². The topological polar surface area (TPSA) is 112 Å². The van der Waals surface area contributed by atoms with Crippen molar-refractivity contribution in [1.82, 2.24) is 20.6 Å². The summed E-state index contributed by atoms with van der Waals surface area (Å²) in [7, 11) is 0. The van der Waals surface area contributed by atoms with Gasteiger partial charge in [0.15, 0.2) is 0 Å². The summed E-state index contributed by atoms with van der Waals surface area (Å²) in [6, 6.07) is 6.86. The van der Waals surface area contributed by atoms with Gasteiger partial charge in [0.25, 0.3) is 5.56 Å². The van der Waals surface area contributed by atoms with E-state index in [2.05, 4.69) is 15.1 Å². The predicted molar refractivity (Wildman–Crippen MR) is 61.8 cm³/mol. The molecule has 94 valence electrons. The van der Waals surface area contributed by atoms with Gasteiger partial charge in [0.1, 0.15) is 5.52 Å². The Morgan fingerprint density at radius 3 is 3.00 bits per heavy atom. The normalized spacial score (nSPS) is 10.5. The molecule has 1 aromatic heterocycles. The largest absolute Gasteiger partial charge is 0.356 e. The molecule has 0 amide bonds. The molecule has 2 aromatic rings. The van der Waals surface area contributed by atoms with Crippen LogP contribution < -0.4 is 17.0 Å². The van der Waals surface area contributed by atoms with Crippen LogP contribution in [0.15, 0.2) is 29.1 Å². The van der Waals surface area contributed by atoms with Crippen molar-refractivity contribution >= 4 is 16.9 Å². The third-order valence-corrected chi connectivity index (χ3v) is 2.33. The molecule has 0 aliphatic heterocycles. The maximum Gasteiger partial charge on any atom is 0.328 e. The molecular formula is C10H11N5O3. The Balaban J connectivity index is 2.22. The predicted octanol–water partition coefficient (Wildman–Crippen LogP) is -0.897. The zero-order chi connectivity index (χ0) is 13.0. The molecule has 0 unspecified atom stereocenters. The lowest BCUT2D eigenvalue weighted by Crippen LogP contribution is -2.29. The van der Waals surface area contributed by atoms with Crippen molar-refractivity contribution in [3.8, 4) is 0 Å². The van der Waals surface area contributed by atoms with Gasteiger partial charge < -0.3 is 4.84 Å². The second-order valence-electron chi connectivity index (χ2n) is 3.48. The Morgan fingerprint density at radius 1 is 1.44 bits per heavy atom. The highest BCUT2D eigenvalue weighted by Gasteiger charge is 2.08. The van der Waals surface area contributed by atoms with Crippen molar-refractivity contribution in [2.75, 3.05) is 0 Å². The Bertz CT molecular complexity index is 624. The third-order valence-electron chi connectivity index (χ3n) is 2.33. The highest BCUT2D eigenvalue weighted by atomic mass is 16.7. The minimum absolute atomic E-state index is 0.0306. The van der Waals surface area contributed by atoms with Crippen molar-refractivity contribution in [3.05, 3.63) is 34.6 Å². The fourth-order valence-electron chi connectivity index (χ4n) is 1.48. The number of hydrogen-bond acceptors (Lipinski definition) is 7. The molecule has 1 heterocycles. The summed E-state index contributed by atoms with van der Waals surface area (Å²) in [4.78, 5) is 27.3. The molecular weight excluding hydrogens is 238 g/mol.